The Hall–Kier alpha value is -3.84. The van der Waals surface area contributed by atoms with Gasteiger partial charge in [0, 0.05) is 24.2 Å². The summed E-state index contributed by atoms with van der Waals surface area (Å²) in [4.78, 5) is 26.9. The van der Waals surface area contributed by atoms with Crippen LogP contribution in [-0.2, 0) is 17.8 Å². The number of carbonyl (C=O) groups excluding carboxylic acids is 2. The fraction of sp³-hybridized carbons (Fsp3) is 0.120. The number of nitrogens with zero attached hydrogens (tertiary/aromatic N) is 1. The number of hydrogen-bond acceptors (Lipinski definition) is 3. The number of rotatable bonds is 4. The minimum atomic E-state index is -0.626. The second-order valence-corrected chi connectivity index (χ2v) is 7.52. The van der Waals surface area contributed by atoms with Gasteiger partial charge in [0.1, 0.15) is 11.6 Å². The van der Waals surface area contributed by atoms with Crippen LogP contribution in [0, 0.1) is 11.6 Å². The van der Waals surface area contributed by atoms with Gasteiger partial charge in [0.15, 0.2) is 0 Å². The lowest BCUT2D eigenvalue weighted by molar-refractivity contribution is -0.125. The minimum Gasteiger partial charge on any atom is -0.334 e. The lowest BCUT2D eigenvalue weighted by Gasteiger charge is -2.30. The molecule has 3 aromatic carbocycles. The van der Waals surface area contributed by atoms with Gasteiger partial charge in [0.05, 0.1) is 0 Å². The van der Waals surface area contributed by atoms with Crippen molar-refractivity contribution in [3.05, 3.63) is 106 Å². The smallest absolute Gasteiger partial charge is 0.274 e. The van der Waals surface area contributed by atoms with Crippen LogP contribution in [0.2, 0.25) is 0 Å². The molecule has 0 aromatic heterocycles. The van der Waals surface area contributed by atoms with Crippen LogP contribution in [0.15, 0.2) is 66.7 Å². The topological polar surface area (TPSA) is 69.6 Å². The van der Waals surface area contributed by atoms with Crippen molar-refractivity contribution in [3.8, 4) is 0 Å². The highest BCUT2D eigenvalue weighted by molar-refractivity contribution is 6.24. The highest BCUT2D eigenvalue weighted by atomic mass is 19.1. The Morgan fingerprint density at radius 3 is 2.16 bits per heavy atom. The monoisotopic (exact) mass is 434 g/mol. The van der Waals surface area contributed by atoms with Crippen LogP contribution < -0.4 is 5.48 Å². The number of carbonyl (C=O) groups is 2. The van der Waals surface area contributed by atoms with Crippen LogP contribution >= 0.6 is 0 Å². The highest BCUT2D eigenvalue weighted by Gasteiger charge is 2.25. The van der Waals surface area contributed by atoms with E-state index in [0.29, 0.717) is 35.2 Å². The van der Waals surface area contributed by atoms with Crippen LogP contribution in [0.5, 0.6) is 0 Å². The summed E-state index contributed by atoms with van der Waals surface area (Å²) in [5, 5.41) is 8.89. The van der Waals surface area contributed by atoms with Crippen molar-refractivity contribution in [1.82, 2.24) is 10.4 Å². The molecule has 3 aromatic rings. The van der Waals surface area contributed by atoms with Crippen LogP contribution in [0.25, 0.3) is 11.6 Å². The van der Waals surface area contributed by atoms with E-state index in [-0.39, 0.29) is 18.3 Å². The van der Waals surface area contributed by atoms with E-state index in [9.17, 15) is 18.4 Å². The van der Waals surface area contributed by atoms with Crippen LogP contribution in [0.4, 0.5) is 8.78 Å². The molecule has 0 saturated carbocycles. The van der Waals surface area contributed by atoms with E-state index in [1.165, 1.54) is 36.4 Å². The van der Waals surface area contributed by atoms with E-state index in [4.69, 9.17) is 5.21 Å². The van der Waals surface area contributed by atoms with E-state index < -0.39 is 11.7 Å². The molecule has 7 heteroatoms. The first-order valence-electron chi connectivity index (χ1n) is 10.0. The lowest BCUT2D eigenvalue weighted by Crippen LogP contribution is -2.36. The van der Waals surface area contributed by atoms with E-state index in [2.05, 4.69) is 0 Å². The Kier molecular flexibility index (Phi) is 6.09. The number of benzene rings is 3. The average Bonchev–Trinajstić information content (AvgIpc) is 2.82. The van der Waals surface area contributed by atoms with E-state index in [1.54, 1.807) is 40.7 Å². The molecule has 1 aliphatic heterocycles. The largest absolute Gasteiger partial charge is 0.334 e. The molecule has 0 saturated heterocycles. The molecule has 32 heavy (non-hydrogen) atoms. The average molecular weight is 434 g/mol. The molecular weight excluding hydrogens is 414 g/mol. The molecule has 2 N–H and O–H groups in total. The number of hydroxylamine groups is 1. The molecule has 1 aliphatic rings. The Balaban J connectivity index is 1.68. The van der Waals surface area contributed by atoms with Crippen molar-refractivity contribution in [1.29, 1.82) is 0 Å². The summed E-state index contributed by atoms with van der Waals surface area (Å²) in [6.45, 7) is 0.752. The molecule has 0 unspecified atom stereocenters. The fourth-order valence-electron chi connectivity index (χ4n) is 3.73. The van der Waals surface area contributed by atoms with Gasteiger partial charge < -0.3 is 4.90 Å². The van der Waals surface area contributed by atoms with Crippen molar-refractivity contribution < 1.29 is 23.6 Å². The second-order valence-electron chi connectivity index (χ2n) is 7.52. The molecule has 0 spiro atoms. The summed E-state index contributed by atoms with van der Waals surface area (Å²) in [5.41, 5.74) is 5.27. The van der Waals surface area contributed by atoms with Crippen LogP contribution in [0.1, 0.15) is 32.6 Å². The molecule has 162 valence electrons. The first-order chi connectivity index (χ1) is 15.4. The summed E-state index contributed by atoms with van der Waals surface area (Å²) in [7, 11) is 0. The molecule has 0 bridgehead atoms. The Morgan fingerprint density at radius 1 is 0.875 bits per heavy atom. The van der Waals surface area contributed by atoms with Crippen LogP contribution in [-0.4, -0.2) is 28.5 Å². The van der Waals surface area contributed by atoms with E-state index in [0.717, 1.165) is 11.1 Å². The maximum Gasteiger partial charge on any atom is 0.274 e. The quantitative estimate of drug-likeness (QED) is 0.280. The van der Waals surface area contributed by atoms with Crippen molar-refractivity contribution in [2.45, 2.75) is 13.0 Å². The summed E-state index contributed by atoms with van der Waals surface area (Å²) < 4.78 is 26.8. The third-order valence-electron chi connectivity index (χ3n) is 5.44. The summed E-state index contributed by atoms with van der Waals surface area (Å²) in [5.74, 6) is -1.68. The van der Waals surface area contributed by atoms with Gasteiger partial charge in [-0.2, -0.15) is 0 Å². The molecule has 5 nitrogen and oxygen atoms in total. The molecule has 1 heterocycles. The number of hydrogen-bond donors (Lipinski definition) is 2. The predicted molar refractivity (Wildman–Crippen MR) is 115 cm³/mol. The molecular formula is C25H20F2N2O3. The summed E-state index contributed by atoms with van der Waals surface area (Å²) in [6, 6.07) is 16.5. The van der Waals surface area contributed by atoms with E-state index in [1.807, 2.05) is 6.07 Å². The number of halogens is 2. The van der Waals surface area contributed by atoms with E-state index >= 15 is 0 Å². The Bertz CT molecular complexity index is 1190. The molecule has 4 rings (SSSR count). The SMILES string of the molecule is O=C(NO)c1ccc2c(c1)CN(C(=O)/C(=C/c1ccc(F)cc1)c1ccc(F)cc1)CC2. The summed E-state index contributed by atoms with van der Waals surface area (Å²) in [6.07, 6.45) is 2.26. The third kappa shape index (κ3) is 4.58. The van der Waals surface area contributed by atoms with Crippen molar-refractivity contribution in [2.24, 2.45) is 0 Å². The molecule has 0 radical (unpaired) electrons. The highest BCUT2D eigenvalue weighted by Crippen LogP contribution is 2.26. The van der Waals surface area contributed by atoms with Gasteiger partial charge in [-0.05, 0) is 71.1 Å². The van der Waals surface area contributed by atoms with Gasteiger partial charge in [-0.3, -0.25) is 14.8 Å². The lowest BCUT2D eigenvalue weighted by atomic mass is 9.95. The normalized spacial score (nSPS) is 13.5. The van der Waals surface area contributed by atoms with Gasteiger partial charge in [-0.15, -0.1) is 0 Å². The number of fused-ring (bicyclic) bond motifs is 1. The first-order valence-corrected chi connectivity index (χ1v) is 10.0. The second kappa shape index (κ2) is 9.11. The van der Waals surface area contributed by atoms with Gasteiger partial charge in [0.25, 0.3) is 11.8 Å². The maximum atomic E-state index is 13.5. The van der Waals surface area contributed by atoms with Crippen LogP contribution in [0.3, 0.4) is 0 Å². The standard InChI is InChI=1S/C25H20F2N2O3/c26-21-7-1-16(2-8-21)13-23(18-5-9-22(27)10-6-18)25(31)29-12-11-17-3-4-19(24(30)28-32)14-20(17)15-29/h1-10,13-14,32H,11-12,15H2,(H,28,30)/b23-13+. The molecule has 0 aliphatic carbocycles. The Morgan fingerprint density at radius 2 is 1.50 bits per heavy atom. The molecule has 0 fully saturated rings. The predicted octanol–water partition coefficient (Wildman–Crippen LogP) is 4.21. The van der Waals surface area contributed by atoms with Crippen molar-refractivity contribution in [3.63, 3.8) is 0 Å². The minimum absolute atomic E-state index is 0.261. The zero-order valence-electron chi connectivity index (χ0n) is 17.0. The molecule has 0 atom stereocenters. The fourth-order valence-corrected chi connectivity index (χ4v) is 3.73. The number of nitrogens with one attached hydrogen (secondary N) is 1. The maximum absolute atomic E-state index is 13.5. The third-order valence-corrected chi connectivity index (χ3v) is 5.44. The summed E-state index contributed by atoms with van der Waals surface area (Å²) >= 11 is 0. The van der Waals surface area contributed by atoms with Crippen molar-refractivity contribution >= 4 is 23.5 Å². The zero-order valence-corrected chi connectivity index (χ0v) is 17.0. The molecule has 2 amide bonds. The number of amides is 2. The van der Waals surface area contributed by atoms with Gasteiger partial charge in [-0.25, -0.2) is 14.3 Å². The Labute approximate surface area is 183 Å². The van der Waals surface area contributed by atoms with Gasteiger partial charge in [-0.1, -0.05) is 30.3 Å². The van der Waals surface area contributed by atoms with Crippen molar-refractivity contribution in [2.75, 3.05) is 6.54 Å². The van der Waals surface area contributed by atoms with Gasteiger partial charge in [0.2, 0.25) is 0 Å². The zero-order chi connectivity index (χ0) is 22.7. The first kappa shape index (κ1) is 21.4. The van der Waals surface area contributed by atoms with Gasteiger partial charge >= 0.3 is 0 Å².